The smallest absolute Gasteiger partial charge is 0.269 e. The molecule has 1 fully saturated rings. The second-order valence-corrected chi connectivity index (χ2v) is 11.7. The number of hydrogen-bond acceptors (Lipinski definition) is 5. The van der Waals surface area contributed by atoms with Gasteiger partial charge in [0.1, 0.15) is 5.58 Å². The molecule has 1 N–H and O–H groups in total. The van der Waals surface area contributed by atoms with Crippen LogP contribution < -0.4 is 10.0 Å². The molecule has 0 bridgehead atoms. The van der Waals surface area contributed by atoms with Crippen molar-refractivity contribution < 1.29 is 19.1 Å². The summed E-state index contributed by atoms with van der Waals surface area (Å²) in [5.74, 6) is 0.819. The van der Waals surface area contributed by atoms with Gasteiger partial charge in [0.15, 0.2) is 11.5 Å². The lowest BCUT2D eigenvalue weighted by Crippen LogP contribution is -2.93. The van der Waals surface area contributed by atoms with Gasteiger partial charge in [-0.25, -0.2) is 0 Å². The van der Waals surface area contributed by atoms with E-state index in [1.54, 1.807) is 12.1 Å². The van der Waals surface area contributed by atoms with Gasteiger partial charge in [-0.2, -0.15) is 10.0 Å². The van der Waals surface area contributed by atoms with E-state index >= 15 is 0 Å². The Hall–Kier alpha value is -3.97. The molecule has 0 saturated carbocycles. The number of anilines is 1. The largest absolute Gasteiger partial charge is 0.450 e. The lowest BCUT2D eigenvalue weighted by molar-refractivity contribution is -0.678. The summed E-state index contributed by atoms with van der Waals surface area (Å²) in [5.41, 5.74) is 4.48. The number of nitro groups is 1. The van der Waals surface area contributed by atoms with Crippen LogP contribution in [0.2, 0.25) is 0 Å². The number of furan rings is 1. The van der Waals surface area contributed by atoms with Crippen LogP contribution in [0.4, 0.5) is 11.4 Å². The number of rotatable bonds is 4. The average Bonchev–Trinajstić information content (AvgIpc) is 3.48. The molecule has 1 aromatic heterocycles. The van der Waals surface area contributed by atoms with E-state index in [-0.39, 0.29) is 22.3 Å². The van der Waals surface area contributed by atoms with E-state index in [4.69, 9.17) is 4.42 Å². The van der Waals surface area contributed by atoms with Crippen molar-refractivity contribution in [1.29, 1.82) is 0 Å². The van der Waals surface area contributed by atoms with Crippen molar-refractivity contribution in [2.75, 3.05) is 11.7 Å². The maximum Gasteiger partial charge on any atom is 0.269 e. The molecule has 5 rings (SSSR count). The molecule has 7 heteroatoms. The first-order valence-electron chi connectivity index (χ1n) is 12.4. The van der Waals surface area contributed by atoms with E-state index in [0.717, 1.165) is 49.8 Å². The molecule has 7 nitrogen and oxygen atoms in total. The average molecular weight is 499 g/mol. The molecule has 190 valence electrons. The number of nitrogens with zero attached hydrogens (tertiary/aromatic N) is 2. The highest BCUT2D eigenvalue weighted by Crippen LogP contribution is 2.40. The topological polar surface area (TPSA) is 80.8 Å². The van der Waals surface area contributed by atoms with Crippen LogP contribution in [0.25, 0.3) is 16.7 Å². The van der Waals surface area contributed by atoms with Crippen LogP contribution in [0.5, 0.6) is 0 Å². The number of quaternary nitrogens is 1. The molecule has 2 heterocycles. The third kappa shape index (κ3) is 4.62. The number of para-hydroxylation sites is 1. The molecule has 2 aromatic carbocycles. The summed E-state index contributed by atoms with van der Waals surface area (Å²) in [4.78, 5) is 24.3. The van der Waals surface area contributed by atoms with Crippen LogP contribution in [-0.2, 0) is 4.79 Å². The van der Waals surface area contributed by atoms with Crippen molar-refractivity contribution in [2.24, 2.45) is 10.8 Å². The minimum absolute atomic E-state index is 0.0595. The van der Waals surface area contributed by atoms with E-state index < -0.39 is 4.92 Å². The normalized spacial score (nSPS) is 18.1. The summed E-state index contributed by atoms with van der Waals surface area (Å²) in [6, 6.07) is 16.5. The van der Waals surface area contributed by atoms with Gasteiger partial charge in [-0.05, 0) is 47.2 Å². The van der Waals surface area contributed by atoms with E-state index in [0.29, 0.717) is 6.67 Å². The van der Waals surface area contributed by atoms with Gasteiger partial charge >= 0.3 is 0 Å². The first-order valence-corrected chi connectivity index (χ1v) is 12.4. The molecule has 1 aliphatic heterocycles. The van der Waals surface area contributed by atoms with Crippen LogP contribution in [-0.4, -0.2) is 17.4 Å². The zero-order valence-electron chi connectivity index (χ0n) is 22.1. The predicted octanol–water partition coefficient (Wildman–Crippen LogP) is 5.86. The molecule has 0 radical (unpaired) electrons. The zero-order chi connectivity index (χ0) is 26.7. The number of non-ortho nitro benzene ring substituents is 1. The fourth-order valence-corrected chi connectivity index (χ4v) is 4.77. The van der Waals surface area contributed by atoms with Crippen molar-refractivity contribution in [1.82, 2.24) is 0 Å². The van der Waals surface area contributed by atoms with Crippen molar-refractivity contribution >= 4 is 33.8 Å². The van der Waals surface area contributed by atoms with E-state index in [1.165, 1.54) is 12.1 Å². The van der Waals surface area contributed by atoms with Crippen molar-refractivity contribution in [2.45, 2.75) is 41.5 Å². The second kappa shape index (κ2) is 8.56. The Morgan fingerprint density at radius 1 is 0.946 bits per heavy atom. The number of benzene rings is 2. The Kier molecular flexibility index (Phi) is 5.72. The zero-order valence-corrected chi connectivity index (χ0v) is 22.1. The molecule has 1 unspecified atom stereocenters. The summed E-state index contributed by atoms with van der Waals surface area (Å²) in [6.45, 7) is 13.0. The molecule has 1 aliphatic carbocycles. The lowest BCUT2D eigenvalue weighted by atomic mass is 9.71. The number of fused-ring (bicyclic) bond motifs is 1. The van der Waals surface area contributed by atoms with Crippen LogP contribution in [0, 0.1) is 20.9 Å². The Balaban J connectivity index is 1.69. The van der Waals surface area contributed by atoms with Gasteiger partial charge in [0.05, 0.1) is 10.6 Å². The monoisotopic (exact) mass is 498 g/mol. The minimum atomic E-state index is -0.394. The summed E-state index contributed by atoms with van der Waals surface area (Å²) in [6.07, 6.45) is 4.03. The Bertz CT molecular complexity index is 1440. The van der Waals surface area contributed by atoms with Gasteiger partial charge < -0.3 is 4.42 Å². The van der Waals surface area contributed by atoms with Crippen LogP contribution in [0.1, 0.15) is 47.3 Å². The van der Waals surface area contributed by atoms with Crippen LogP contribution in [0.3, 0.4) is 0 Å². The first-order chi connectivity index (χ1) is 17.3. The molecular weight excluding hydrogens is 466 g/mol. The number of nitrogens with one attached hydrogen (secondary N) is 1. The van der Waals surface area contributed by atoms with Gasteiger partial charge in [0, 0.05) is 34.2 Å². The van der Waals surface area contributed by atoms with Gasteiger partial charge in [0.25, 0.3) is 5.69 Å². The number of ketones is 1. The number of carbonyl (C=O) groups is 1. The lowest BCUT2D eigenvalue weighted by Gasteiger charge is -2.31. The molecule has 3 aromatic rings. The predicted molar refractivity (Wildman–Crippen MR) is 145 cm³/mol. The van der Waals surface area contributed by atoms with Crippen molar-refractivity contribution in [3.63, 3.8) is 0 Å². The highest BCUT2D eigenvalue weighted by atomic mass is 16.6. The molecule has 2 aliphatic rings. The molecule has 37 heavy (non-hydrogen) atoms. The number of Topliss-reactive ketones (excluding diaryl/α,β-unsaturated/α-hetero) is 1. The first kappa shape index (κ1) is 24.7. The van der Waals surface area contributed by atoms with E-state index in [9.17, 15) is 14.9 Å². The van der Waals surface area contributed by atoms with Crippen LogP contribution in [0.15, 0.2) is 87.9 Å². The Morgan fingerprint density at radius 2 is 1.54 bits per heavy atom. The standard InChI is InChI=1S/C30H31N3O4/c1-29(2,3)23-15-20(16-24(28(23)34)30(4,5)6)27(26-17-19-9-7-8-10-25(19)37-26)32-18-31(32)21-11-13-22(14-12-21)33(35)36/h7-17H,18H2,1-6H3/p+1. The Labute approximate surface area is 216 Å². The minimum Gasteiger partial charge on any atom is -0.450 e. The molecule has 1 atom stereocenters. The highest BCUT2D eigenvalue weighted by Gasteiger charge is 2.46. The molecular formula is C30H32N3O4+. The summed E-state index contributed by atoms with van der Waals surface area (Å²) in [5, 5.41) is 15.3. The highest BCUT2D eigenvalue weighted by molar-refractivity contribution is 6.12. The fraction of sp³-hybridized carbons (Fsp3) is 0.300. The summed E-state index contributed by atoms with van der Waals surface area (Å²) in [7, 11) is 0. The van der Waals surface area contributed by atoms with E-state index in [2.05, 4.69) is 46.6 Å². The van der Waals surface area contributed by atoms with Crippen molar-refractivity contribution in [3.05, 3.63) is 99.3 Å². The van der Waals surface area contributed by atoms with E-state index in [1.807, 2.05) is 42.5 Å². The van der Waals surface area contributed by atoms with Gasteiger partial charge in [0.2, 0.25) is 12.4 Å². The number of carbonyl (C=O) groups excluding carboxylic acids is 1. The summed E-state index contributed by atoms with van der Waals surface area (Å²) >= 11 is 0. The van der Waals surface area contributed by atoms with Crippen LogP contribution >= 0.6 is 0 Å². The molecule has 1 saturated heterocycles. The third-order valence-electron chi connectivity index (χ3n) is 6.86. The maximum atomic E-state index is 13.6. The summed E-state index contributed by atoms with van der Waals surface area (Å²) < 4.78 is 6.35. The molecule has 0 amide bonds. The van der Waals surface area contributed by atoms with Gasteiger partial charge in [-0.1, -0.05) is 59.7 Å². The fourth-order valence-electron chi connectivity index (χ4n) is 4.77. The second-order valence-electron chi connectivity index (χ2n) is 11.7. The maximum absolute atomic E-state index is 13.6. The quantitative estimate of drug-likeness (QED) is 0.277. The number of hydrogen-bond donors (Lipinski definition) is 1. The van der Waals surface area contributed by atoms with Crippen molar-refractivity contribution in [3.8, 4) is 0 Å². The SMILES string of the molecule is CC(C)(C)C1=CC(=C(c2cc3ccccc3o2)[NH+]2CN2c2ccc([N+](=O)[O-])cc2)C=C(C(C)(C)C)C1=O. The number of allylic oxidation sites excluding steroid dienone is 5. The third-order valence-corrected chi connectivity index (χ3v) is 6.86. The number of nitro benzene ring substituents is 1. The Morgan fingerprint density at radius 3 is 2.08 bits per heavy atom. The van der Waals surface area contributed by atoms with Gasteiger partial charge in [-0.15, -0.1) is 0 Å². The molecule has 0 spiro atoms. The van der Waals surface area contributed by atoms with Gasteiger partial charge in [-0.3, -0.25) is 14.9 Å².